The number of nitrogens with one attached hydrogen (secondary N) is 1. The number of ether oxygens (including phenoxy) is 1. The summed E-state index contributed by atoms with van der Waals surface area (Å²) in [5.74, 6) is 0.323. The Hall–Kier alpha value is -1.47. The molecule has 3 aliphatic rings. The molecular weight excluding hydrogens is 342 g/mol. The normalized spacial score (nSPS) is 29.2. The van der Waals surface area contributed by atoms with Gasteiger partial charge in [-0.2, -0.15) is 0 Å². The van der Waals surface area contributed by atoms with Crippen molar-refractivity contribution in [1.29, 1.82) is 0 Å². The first-order valence-electron chi connectivity index (χ1n) is 10.2. The lowest BCUT2D eigenvalue weighted by Crippen LogP contribution is -2.54. The highest BCUT2D eigenvalue weighted by molar-refractivity contribution is 5.85. The maximum absolute atomic E-state index is 13.1. The fraction of sp³-hybridized carbons (Fsp3) is 0.667. The van der Waals surface area contributed by atoms with E-state index in [1.807, 2.05) is 23.1 Å². The third-order valence-electron chi connectivity index (χ3n) is 6.40. The zero-order chi connectivity index (χ0) is 18.7. The number of likely N-dealkylation sites (tertiary alicyclic amines) is 2. The van der Waals surface area contributed by atoms with Crippen LogP contribution in [0.15, 0.2) is 30.3 Å². The van der Waals surface area contributed by atoms with Crippen molar-refractivity contribution < 1.29 is 14.6 Å². The van der Waals surface area contributed by atoms with E-state index in [4.69, 9.17) is 4.74 Å². The van der Waals surface area contributed by atoms with E-state index in [1.54, 1.807) is 0 Å². The van der Waals surface area contributed by atoms with Crippen LogP contribution in [0.1, 0.15) is 24.8 Å². The smallest absolute Gasteiger partial charge is 0.229 e. The van der Waals surface area contributed by atoms with Gasteiger partial charge in [0, 0.05) is 32.7 Å². The first kappa shape index (κ1) is 18.9. The van der Waals surface area contributed by atoms with Crippen LogP contribution in [0.25, 0.3) is 0 Å². The number of nitrogens with zero attached hydrogens (tertiary/aromatic N) is 2. The molecule has 0 aromatic heterocycles. The van der Waals surface area contributed by atoms with E-state index in [1.165, 1.54) is 5.56 Å². The van der Waals surface area contributed by atoms with Crippen molar-refractivity contribution in [3.63, 3.8) is 0 Å². The average molecular weight is 373 g/mol. The Balaban J connectivity index is 1.32. The Kier molecular flexibility index (Phi) is 5.50. The molecule has 0 radical (unpaired) electrons. The molecule has 3 fully saturated rings. The maximum Gasteiger partial charge on any atom is 0.229 e. The minimum Gasteiger partial charge on any atom is -0.385 e. The first-order valence-corrected chi connectivity index (χ1v) is 10.2. The molecule has 3 heterocycles. The summed E-state index contributed by atoms with van der Waals surface area (Å²) < 4.78 is 5.53. The zero-order valence-corrected chi connectivity index (χ0v) is 16.0. The second kappa shape index (κ2) is 7.87. The number of rotatable bonds is 4. The molecule has 3 saturated heterocycles. The number of benzene rings is 1. The molecule has 6 nitrogen and oxygen atoms in total. The Morgan fingerprint density at radius 2 is 1.85 bits per heavy atom. The number of hydrogen-bond acceptors (Lipinski definition) is 5. The summed E-state index contributed by atoms with van der Waals surface area (Å²) in [6, 6.07) is 10.2. The minimum absolute atomic E-state index is 0.188. The van der Waals surface area contributed by atoms with Crippen LogP contribution in [0, 0.1) is 5.41 Å². The predicted molar refractivity (Wildman–Crippen MR) is 103 cm³/mol. The lowest BCUT2D eigenvalue weighted by Gasteiger charge is -2.41. The number of piperidine rings is 1. The van der Waals surface area contributed by atoms with Crippen LogP contribution in [0.3, 0.4) is 0 Å². The summed E-state index contributed by atoms with van der Waals surface area (Å²) in [7, 11) is 0. The van der Waals surface area contributed by atoms with Crippen molar-refractivity contribution in [2.45, 2.75) is 31.4 Å². The number of β-amino-alcohol motifs (C(OH)–C–C–N with tert-alkyl or cyclic N) is 1. The highest BCUT2D eigenvalue weighted by atomic mass is 16.5. The van der Waals surface area contributed by atoms with E-state index < -0.39 is 5.60 Å². The van der Waals surface area contributed by atoms with Gasteiger partial charge in [-0.25, -0.2) is 0 Å². The van der Waals surface area contributed by atoms with E-state index >= 15 is 0 Å². The molecule has 1 atom stereocenters. The van der Waals surface area contributed by atoms with Crippen LogP contribution in [-0.2, 0) is 16.1 Å². The Labute approximate surface area is 161 Å². The van der Waals surface area contributed by atoms with Gasteiger partial charge >= 0.3 is 0 Å². The van der Waals surface area contributed by atoms with Crippen molar-refractivity contribution in [2.75, 3.05) is 52.5 Å². The van der Waals surface area contributed by atoms with Crippen molar-refractivity contribution in [1.82, 2.24) is 15.1 Å². The minimum atomic E-state index is -0.833. The SMILES string of the molecule is O=C1N(Cc2ccccc2)CCC12CCN(CC1(O)CNCCOC1)CC2. The van der Waals surface area contributed by atoms with E-state index in [9.17, 15) is 9.90 Å². The summed E-state index contributed by atoms with van der Waals surface area (Å²) >= 11 is 0. The second-order valence-corrected chi connectivity index (χ2v) is 8.47. The lowest BCUT2D eigenvalue weighted by molar-refractivity contribution is -0.139. The Morgan fingerprint density at radius 1 is 1.11 bits per heavy atom. The topological polar surface area (TPSA) is 65.0 Å². The molecule has 0 saturated carbocycles. The number of aliphatic hydroxyl groups is 1. The fourth-order valence-corrected chi connectivity index (χ4v) is 4.75. The van der Waals surface area contributed by atoms with E-state index in [-0.39, 0.29) is 5.41 Å². The van der Waals surface area contributed by atoms with Gasteiger partial charge in [0.25, 0.3) is 0 Å². The summed E-state index contributed by atoms with van der Waals surface area (Å²) in [4.78, 5) is 17.4. The second-order valence-electron chi connectivity index (χ2n) is 8.47. The molecule has 1 aromatic rings. The molecule has 0 bridgehead atoms. The first-order chi connectivity index (χ1) is 13.1. The average Bonchev–Trinajstić information content (AvgIpc) is 2.84. The largest absolute Gasteiger partial charge is 0.385 e. The Bertz CT molecular complexity index is 635. The summed E-state index contributed by atoms with van der Waals surface area (Å²) in [6.45, 7) is 6.31. The van der Waals surface area contributed by atoms with Gasteiger partial charge in [-0.05, 0) is 37.9 Å². The monoisotopic (exact) mass is 373 g/mol. The van der Waals surface area contributed by atoms with Crippen LogP contribution in [0.4, 0.5) is 0 Å². The molecule has 3 aliphatic heterocycles. The van der Waals surface area contributed by atoms with E-state index in [0.29, 0.717) is 38.8 Å². The predicted octanol–water partition coefficient (Wildman–Crippen LogP) is 0.852. The van der Waals surface area contributed by atoms with Crippen LogP contribution in [0.2, 0.25) is 0 Å². The molecule has 1 amide bonds. The van der Waals surface area contributed by atoms with Crippen molar-refractivity contribution >= 4 is 5.91 Å². The summed E-state index contributed by atoms with van der Waals surface area (Å²) in [6.07, 6.45) is 2.74. The lowest BCUT2D eigenvalue weighted by atomic mass is 9.77. The summed E-state index contributed by atoms with van der Waals surface area (Å²) in [5, 5.41) is 14.1. The molecule has 148 valence electrons. The zero-order valence-electron chi connectivity index (χ0n) is 16.0. The molecule has 6 heteroatoms. The third kappa shape index (κ3) is 4.19. The van der Waals surface area contributed by atoms with Crippen LogP contribution >= 0.6 is 0 Å². The van der Waals surface area contributed by atoms with E-state index in [2.05, 4.69) is 22.3 Å². The fourth-order valence-electron chi connectivity index (χ4n) is 4.75. The quantitative estimate of drug-likeness (QED) is 0.819. The highest BCUT2D eigenvalue weighted by Gasteiger charge is 2.48. The molecule has 1 aromatic carbocycles. The number of hydrogen-bond donors (Lipinski definition) is 2. The van der Waals surface area contributed by atoms with Gasteiger partial charge in [0.2, 0.25) is 5.91 Å². The molecule has 1 unspecified atom stereocenters. The van der Waals surface area contributed by atoms with Crippen LogP contribution in [-0.4, -0.2) is 78.9 Å². The van der Waals surface area contributed by atoms with Gasteiger partial charge in [-0.1, -0.05) is 30.3 Å². The number of carbonyl (C=O) groups excluding carboxylic acids is 1. The van der Waals surface area contributed by atoms with Gasteiger partial charge in [-0.15, -0.1) is 0 Å². The van der Waals surface area contributed by atoms with Gasteiger partial charge in [0.05, 0.1) is 18.6 Å². The molecule has 4 rings (SSSR count). The van der Waals surface area contributed by atoms with Gasteiger partial charge in [0.15, 0.2) is 0 Å². The standard InChI is InChI=1S/C21H31N3O3/c25-19-20(8-12-24(19)14-18-4-2-1-3-5-18)6-10-23(11-7-20)16-21(26)15-22-9-13-27-17-21/h1-5,22,26H,6-17H2. The molecular formula is C21H31N3O3. The number of carbonyl (C=O) groups is 1. The molecule has 0 aliphatic carbocycles. The highest BCUT2D eigenvalue weighted by Crippen LogP contribution is 2.42. The molecule has 1 spiro atoms. The van der Waals surface area contributed by atoms with Crippen molar-refractivity contribution in [3.8, 4) is 0 Å². The van der Waals surface area contributed by atoms with Crippen LogP contribution < -0.4 is 5.32 Å². The summed E-state index contributed by atoms with van der Waals surface area (Å²) in [5.41, 5.74) is 0.176. The molecule has 27 heavy (non-hydrogen) atoms. The van der Waals surface area contributed by atoms with E-state index in [0.717, 1.165) is 45.4 Å². The van der Waals surface area contributed by atoms with Gasteiger partial charge in [0.1, 0.15) is 5.60 Å². The van der Waals surface area contributed by atoms with Crippen molar-refractivity contribution in [2.24, 2.45) is 5.41 Å². The number of amides is 1. The van der Waals surface area contributed by atoms with Gasteiger partial charge < -0.3 is 25.0 Å². The third-order valence-corrected chi connectivity index (χ3v) is 6.40. The Morgan fingerprint density at radius 3 is 2.63 bits per heavy atom. The molecule has 2 N–H and O–H groups in total. The van der Waals surface area contributed by atoms with Crippen molar-refractivity contribution in [3.05, 3.63) is 35.9 Å². The van der Waals surface area contributed by atoms with Crippen LogP contribution in [0.5, 0.6) is 0 Å². The van der Waals surface area contributed by atoms with Gasteiger partial charge in [-0.3, -0.25) is 4.79 Å². The maximum atomic E-state index is 13.1.